The molecule has 0 fully saturated rings. The lowest BCUT2D eigenvalue weighted by Gasteiger charge is -2.29. The van der Waals surface area contributed by atoms with E-state index in [1.54, 1.807) is 0 Å². The van der Waals surface area contributed by atoms with Crippen molar-refractivity contribution in [3.05, 3.63) is 180 Å². The number of nitrogen functional groups attached to an aromatic ring is 1. The lowest BCUT2D eigenvalue weighted by molar-refractivity contribution is 0.795. The Morgan fingerprint density at radius 3 is 1.37 bits per heavy atom. The summed E-state index contributed by atoms with van der Waals surface area (Å²) >= 11 is 0. The Labute approximate surface area is 323 Å². The van der Waals surface area contributed by atoms with E-state index < -0.39 is 0 Å². The normalized spacial score (nSPS) is 11.1. The fourth-order valence-corrected chi connectivity index (χ4v) is 7.52. The molecule has 0 unspecified atom stereocenters. The summed E-state index contributed by atoms with van der Waals surface area (Å²) in [5.41, 5.74) is 25.2. The Morgan fingerprint density at radius 2 is 0.870 bits per heavy atom. The van der Waals surface area contributed by atoms with E-state index in [-0.39, 0.29) is 0 Å². The van der Waals surface area contributed by atoms with Gasteiger partial charge in [0.25, 0.3) is 0 Å². The molecule has 270 valence electrons. The van der Waals surface area contributed by atoms with Crippen molar-refractivity contribution in [2.24, 2.45) is 0 Å². The van der Waals surface area contributed by atoms with Crippen molar-refractivity contribution in [3.63, 3.8) is 0 Å². The van der Waals surface area contributed by atoms with Crippen LogP contribution < -0.4 is 10.6 Å². The van der Waals surface area contributed by atoms with Gasteiger partial charge < -0.3 is 10.6 Å². The molecule has 0 aliphatic carbocycles. The largest absolute Gasteiger partial charge is 0.399 e. The number of nitrogens with zero attached hydrogens (tertiary/aromatic N) is 1. The summed E-state index contributed by atoms with van der Waals surface area (Å²) in [4.78, 5) is 2.42. The van der Waals surface area contributed by atoms with Gasteiger partial charge >= 0.3 is 0 Å². The molecular formula is C52H52N2. The summed E-state index contributed by atoms with van der Waals surface area (Å²) in [7, 11) is 0. The molecule has 0 aliphatic rings. The second-order valence-corrected chi connectivity index (χ2v) is 14.6. The van der Waals surface area contributed by atoms with Crippen LogP contribution in [0.25, 0.3) is 44.5 Å². The molecule has 7 aromatic carbocycles. The van der Waals surface area contributed by atoms with Crippen molar-refractivity contribution >= 4 is 22.7 Å². The monoisotopic (exact) mass is 704 g/mol. The van der Waals surface area contributed by atoms with Gasteiger partial charge in [0.05, 0.1) is 0 Å². The highest BCUT2D eigenvalue weighted by atomic mass is 15.1. The predicted molar refractivity (Wildman–Crippen MR) is 234 cm³/mol. The quantitative estimate of drug-likeness (QED) is 0.121. The van der Waals surface area contributed by atoms with Crippen LogP contribution in [0.5, 0.6) is 0 Å². The fraction of sp³-hybridized carbons (Fsp3) is 0.192. The number of anilines is 4. The van der Waals surface area contributed by atoms with Gasteiger partial charge in [-0.05, 0) is 149 Å². The number of rotatable bonds is 13. The minimum absolute atomic E-state index is 0.772. The molecule has 0 amide bonds. The SMILES string of the molecule is CCCCc1ccc(-c2cc(-c3ccc(N)cc3)ccc2-c2ccc(N(c3ccccc3C)c3ccccc3C)cc2-c2ccc(CCCC)cc2)cc1. The van der Waals surface area contributed by atoms with Gasteiger partial charge in [-0.25, -0.2) is 0 Å². The average molecular weight is 705 g/mol. The minimum atomic E-state index is 0.772. The van der Waals surface area contributed by atoms with E-state index in [2.05, 4.69) is 178 Å². The van der Waals surface area contributed by atoms with E-state index in [1.165, 1.54) is 98.3 Å². The maximum absolute atomic E-state index is 6.10. The molecule has 0 atom stereocenters. The van der Waals surface area contributed by atoms with E-state index in [4.69, 9.17) is 5.73 Å². The predicted octanol–water partition coefficient (Wildman–Crippen LogP) is 14.7. The third-order valence-electron chi connectivity index (χ3n) is 10.7. The molecule has 7 aromatic rings. The number of nitrogens with two attached hydrogens (primary N) is 1. The Hall–Kier alpha value is -5.86. The van der Waals surface area contributed by atoms with Crippen LogP contribution in [0.3, 0.4) is 0 Å². The Morgan fingerprint density at radius 1 is 0.426 bits per heavy atom. The van der Waals surface area contributed by atoms with Crippen molar-refractivity contribution in [1.82, 2.24) is 0 Å². The lowest BCUT2D eigenvalue weighted by atomic mass is 9.86. The summed E-state index contributed by atoms with van der Waals surface area (Å²) in [6.45, 7) is 8.92. The third kappa shape index (κ3) is 8.04. The molecule has 0 spiro atoms. The van der Waals surface area contributed by atoms with E-state index in [1.807, 2.05) is 12.1 Å². The van der Waals surface area contributed by atoms with Crippen molar-refractivity contribution in [1.29, 1.82) is 0 Å². The molecule has 2 nitrogen and oxygen atoms in total. The van der Waals surface area contributed by atoms with E-state index in [9.17, 15) is 0 Å². The van der Waals surface area contributed by atoms with E-state index >= 15 is 0 Å². The summed E-state index contributed by atoms with van der Waals surface area (Å²) in [5.74, 6) is 0. The molecule has 7 rings (SSSR count). The number of unbranched alkanes of at least 4 members (excludes halogenated alkanes) is 2. The van der Waals surface area contributed by atoms with Crippen molar-refractivity contribution in [3.8, 4) is 44.5 Å². The van der Waals surface area contributed by atoms with Crippen LogP contribution in [-0.4, -0.2) is 0 Å². The first kappa shape index (κ1) is 36.5. The number of aryl methyl sites for hydroxylation is 4. The highest BCUT2D eigenvalue weighted by Gasteiger charge is 2.20. The minimum Gasteiger partial charge on any atom is -0.399 e. The molecule has 0 aromatic heterocycles. The maximum Gasteiger partial charge on any atom is 0.0490 e. The van der Waals surface area contributed by atoms with E-state index in [0.717, 1.165) is 29.8 Å². The molecule has 0 radical (unpaired) electrons. The average Bonchev–Trinajstić information content (AvgIpc) is 3.21. The first-order valence-electron chi connectivity index (χ1n) is 19.7. The van der Waals surface area contributed by atoms with Crippen molar-refractivity contribution < 1.29 is 0 Å². The van der Waals surface area contributed by atoms with Gasteiger partial charge in [-0.2, -0.15) is 0 Å². The molecule has 2 heteroatoms. The van der Waals surface area contributed by atoms with Crippen LogP contribution >= 0.6 is 0 Å². The Balaban J connectivity index is 1.45. The lowest BCUT2D eigenvalue weighted by Crippen LogP contribution is -2.12. The standard InChI is InChI=1S/C52H52N2/c1-5-7-15-39-19-23-42(24-20-39)49-35-44(41-27-30-45(53)31-28-41)29-33-47(49)48-34-32-46(36-50(48)43-25-21-40(22-26-43)16-8-6-2)54(51-17-11-9-13-37(51)3)52-18-12-10-14-38(52)4/h9-14,17-36H,5-8,15-16,53H2,1-4H3. The molecule has 0 heterocycles. The smallest absolute Gasteiger partial charge is 0.0490 e. The third-order valence-corrected chi connectivity index (χ3v) is 10.7. The zero-order valence-corrected chi connectivity index (χ0v) is 32.3. The second-order valence-electron chi connectivity index (χ2n) is 14.6. The number of benzene rings is 7. The van der Waals surface area contributed by atoms with Gasteiger partial charge in [0.2, 0.25) is 0 Å². The molecule has 0 saturated carbocycles. The van der Waals surface area contributed by atoms with Gasteiger partial charge in [0, 0.05) is 22.7 Å². The van der Waals surface area contributed by atoms with E-state index in [0.29, 0.717) is 0 Å². The number of hydrogen-bond donors (Lipinski definition) is 1. The first-order valence-corrected chi connectivity index (χ1v) is 19.7. The van der Waals surface area contributed by atoms with Gasteiger partial charge in [-0.15, -0.1) is 0 Å². The first-order chi connectivity index (χ1) is 26.4. The number of hydrogen-bond acceptors (Lipinski definition) is 2. The summed E-state index contributed by atoms with van der Waals surface area (Å²) in [6.07, 6.45) is 6.99. The zero-order valence-electron chi connectivity index (χ0n) is 32.3. The van der Waals surface area contributed by atoms with Crippen molar-refractivity contribution in [2.45, 2.75) is 66.2 Å². The van der Waals surface area contributed by atoms with Crippen molar-refractivity contribution in [2.75, 3.05) is 10.6 Å². The number of para-hydroxylation sites is 2. The van der Waals surface area contributed by atoms with Gasteiger partial charge in [-0.1, -0.05) is 142 Å². The molecule has 2 N–H and O–H groups in total. The topological polar surface area (TPSA) is 29.3 Å². The van der Waals surface area contributed by atoms with Gasteiger partial charge in [-0.3, -0.25) is 0 Å². The fourth-order valence-electron chi connectivity index (χ4n) is 7.52. The van der Waals surface area contributed by atoms with Crippen LogP contribution in [0.1, 0.15) is 61.8 Å². The molecule has 0 saturated heterocycles. The van der Waals surface area contributed by atoms with Crippen LogP contribution in [0.15, 0.2) is 158 Å². The van der Waals surface area contributed by atoms with Crippen LogP contribution in [0.2, 0.25) is 0 Å². The van der Waals surface area contributed by atoms with Crippen LogP contribution in [0.4, 0.5) is 22.7 Å². The summed E-state index contributed by atoms with van der Waals surface area (Å²) < 4.78 is 0. The Kier molecular flexibility index (Phi) is 11.4. The highest BCUT2D eigenvalue weighted by Crippen LogP contribution is 2.45. The Bertz CT molecular complexity index is 2270. The molecule has 54 heavy (non-hydrogen) atoms. The van der Waals surface area contributed by atoms with Gasteiger partial charge in [0.15, 0.2) is 0 Å². The molecular weight excluding hydrogens is 653 g/mol. The summed E-state index contributed by atoms with van der Waals surface area (Å²) in [5, 5.41) is 0. The summed E-state index contributed by atoms with van der Waals surface area (Å²) in [6, 6.07) is 58.1. The van der Waals surface area contributed by atoms with Crippen LogP contribution in [-0.2, 0) is 12.8 Å². The molecule has 0 aliphatic heterocycles. The highest BCUT2D eigenvalue weighted by molar-refractivity contribution is 5.96. The second kappa shape index (κ2) is 16.9. The van der Waals surface area contributed by atoms with Gasteiger partial charge in [0.1, 0.15) is 0 Å². The maximum atomic E-state index is 6.10. The van der Waals surface area contributed by atoms with Crippen LogP contribution in [0, 0.1) is 13.8 Å². The zero-order chi connectivity index (χ0) is 37.4. The molecule has 0 bridgehead atoms.